The summed E-state index contributed by atoms with van der Waals surface area (Å²) in [6, 6.07) is 18.2. The van der Waals surface area contributed by atoms with Gasteiger partial charge in [-0.15, -0.1) is 18.3 Å². The number of aryl methyl sites for hydroxylation is 2. The number of para-hydroxylation sites is 1. The van der Waals surface area contributed by atoms with Gasteiger partial charge in [-0.25, -0.2) is 19.5 Å². The third kappa shape index (κ3) is 6.45. The smallest absolute Gasteiger partial charge is 0.406 e. The number of benzene rings is 3. The van der Waals surface area contributed by atoms with Crippen LogP contribution in [-0.2, 0) is 0 Å². The lowest BCUT2D eigenvalue weighted by Crippen LogP contribution is -2.41. The van der Waals surface area contributed by atoms with Crippen molar-refractivity contribution in [3.05, 3.63) is 84.2 Å². The fraction of sp³-hybridized carbons (Fsp3) is 0.214. The second-order valence-electron chi connectivity index (χ2n) is 9.05. The molecular weight excluding hydrogens is 541 g/mol. The Hall–Kier alpha value is -4.32. The van der Waals surface area contributed by atoms with Crippen LogP contribution in [0.25, 0.3) is 17.1 Å². The van der Waals surface area contributed by atoms with Gasteiger partial charge in [-0.05, 0) is 79.9 Å². The summed E-state index contributed by atoms with van der Waals surface area (Å²) in [5.74, 6) is 0.998. The van der Waals surface area contributed by atoms with Crippen molar-refractivity contribution >= 4 is 34.3 Å². The molecule has 1 saturated heterocycles. The number of amides is 2. The molecule has 2 amide bonds. The van der Waals surface area contributed by atoms with E-state index in [4.69, 9.17) is 4.99 Å². The van der Waals surface area contributed by atoms with Gasteiger partial charge >= 0.3 is 12.4 Å². The van der Waals surface area contributed by atoms with E-state index in [1.54, 1.807) is 40.9 Å². The Balaban J connectivity index is 1.26. The SMILES string of the molecule is Cc1cccc(C)c1N=C1SCCCN1C(=O)Nc1ccc(-c2ncn(-c3ccc(OC(F)(F)F)cc3)n2)cc1. The van der Waals surface area contributed by atoms with E-state index in [2.05, 4.69) is 20.1 Å². The van der Waals surface area contributed by atoms with Crippen LogP contribution in [0.4, 0.5) is 29.3 Å². The number of urea groups is 1. The highest BCUT2D eigenvalue weighted by Crippen LogP contribution is 2.29. The summed E-state index contributed by atoms with van der Waals surface area (Å²) >= 11 is 1.56. The van der Waals surface area contributed by atoms with Gasteiger partial charge in [0.25, 0.3) is 0 Å². The molecule has 0 atom stereocenters. The average Bonchev–Trinajstić information content (AvgIpc) is 3.41. The lowest BCUT2D eigenvalue weighted by Gasteiger charge is -2.28. The Labute approximate surface area is 232 Å². The van der Waals surface area contributed by atoms with Crippen molar-refractivity contribution in [2.45, 2.75) is 26.6 Å². The second-order valence-corrected chi connectivity index (χ2v) is 10.1. The topological polar surface area (TPSA) is 84.6 Å². The molecule has 0 saturated carbocycles. The number of hydrogen-bond donors (Lipinski definition) is 1. The molecule has 4 aromatic rings. The molecular formula is C28H25F3N6O2S. The van der Waals surface area contributed by atoms with E-state index in [-0.39, 0.29) is 11.8 Å². The Kier molecular flexibility index (Phi) is 7.78. The number of nitrogens with zero attached hydrogens (tertiary/aromatic N) is 5. The standard InChI is InChI=1S/C28H25F3N6O2S/c1-18-5-3-6-19(2)24(18)34-27-36(15-4-16-40-27)26(38)33-21-9-7-20(8-10-21)25-32-17-37(35-25)22-11-13-23(14-12-22)39-28(29,30)31/h3,5-14,17H,4,15-16H2,1-2H3,(H,33,38). The molecule has 1 aromatic heterocycles. The highest BCUT2D eigenvalue weighted by molar-refractivity contribution is 8.13. The number of aliphatic imine (C=N–C) groups is 1. The summed E-state index contributed by atoms with van der Waals surface area (Å²) in [5, 5.41) is 8.03. The van der Waals surface area contributed by atoms with Gasteiger partial charge in [-0.1, -0.05) is 30.0 Å². The maximum atomic E-state index is 13.2. The number of alkyl halides is 3. The molecule has 1 N–H and O–H groups in total. The molecule has 0 radical (unpaired) electrons. The third-order valence-electron chi connectivity index (χ3n) is 6.10. The number of hydrogen-bond acceptors (Lipinski definition) is 6. The molecule has 3 aromatic carbocycles. The van der Waals surface area contributed by atoms with Gasteiger partial charge in [-0.3, -0.25) is 4.90 Å². The highest BCUT2D eigenvalue weighted by atomic mass is 32.2. The van der Waals surface area contributed by atoms with Crippen LogP contribution in [0.15, 0.2) is 78.0 Å². The van der Waals surface area contributed by atoms with Gasteiger partial charge < -0.3 is 10.1 Å². The van der Waals surface area contributed by atoms with Crippen LogP contribution in [0, 0.1) is 13.8 Å². The number of amidine groups is 1. The number of carbonyl (C=O) groups excluding carboxylic acids is 1. The predicted molar refractivity (Wildman–Crippen MR) is 149 cm³/mol. The van der Waals surface area contributed by atoms with Crippen molar-refractivity contribution in [1.82, 2.24) is 19.7 Å². The van der Waals surface area contributed by atoms with Crippen LogP contribution >= 0.6 is 11.8 Å². The van der Waals surface area contributed by atoms with E-state index in [0.717, 1.165) is 29.0 Å². The van der Waals surface area contributed by atoms with Gasteiger partial charge in [0.15, 0.2) is 11.0 Å². The van der Waals surface area contributed by atoms with Gasteiger partial charge in [0.2, 0.25) is 0 Å². The number of rotatable bonds is 5. The molecule has 1 aliphatic rings. The van der Waals surface area contributed by atoms with Gasteiger partial charge in [0, 0.05) is 23.5 Å². The van der Waals surface area contributed by atoms with E-state index in [0.29, 0.717) is 34.5 Å². The third-order valence-corrected chi connectivity index (χ3v) is 7.16. The molecule has 206 valence electrons. The lowest BCUT2D eigenvalue weighted by molar-refractivity contribution is -0.274. The zero-order valence-electron chi connectivity index (χ0n) is 21.6. The Morgan fingerprint density at radius 1 is 1.02 bits per heavy atom. The first-order chi connectivity index (χ1) is 19.2. The first-order valence-electron chi connectivity index (χ1n) is 12.4. The van der Waals surface area contributed by atoms with E-state index < -0.39 is 6.36 Å². The van der Waals surface area contributed by atoms with Crippen LogP contribution in [0.5, 0.6) is 5.75 Å². The quantitative estimate of drug-likeness (QED) is 0.278. The van der Waals surface area contributed by atoms with Crippen molar-refractivity contribution in [2.75, 3.05) is 17.6 Å². The molecule has 0 unspecified atom stereocenters. The molecule has 1 aliphatic heterocycles. The van der Waals surface area contributed by atoms with Gasteiger partial charge in [0.05, 0.1) is 11.4 Å². The zero-order valence-corrected chi connectivity index (χ0v) is 22.5. The number of thioether (sulfide) groups is 1. The summed E-state index contributed by atoms with van der Waals surface area (Å²) in [6.45, 7) is 4.59. The number of carbonyl (C=O) groups is 1. The predicted octanol–water partition coefficient (Wildman–Crippen LogP) is 7.11. The van der Waals surface area contributed by atoms with Crippen molar-refractivity contribution in [2.24, 2.45) is 4.99 Å². The molecule has 5 rings (SSSR count). The zero-order chi connectivity index (χ0) is 28.3. The Morgan fingerprint density at radius 2 is 1.73 bits per heavy atom. The number of ether oxygens (including phenoxy) is 1. The minimum Gasteiger partial charge on any atom is -0.406 e. The maximum Gasteiger partial charge on any atom is 0.573 e. The summed E-state index contributed by atoms with van der Waals surface area (Å²) in [6.07, 6.45) is -2.42. The van der Waals surface area contributed by atoms with Crippen molar-refractivity contribution in [3.63, 3.8) is 0 Å². The lowest BCUT2D eigenvalue weighted by atomic mass is 10.1. The van der Waals surface area contributed by atoms with Crippen molar-refractivity contribution < 1.29 is 22.7 Å². The largest absolute Gasteiger partial charge is 0.573 e. The first-order valence-corrected chi connectivity index (χ1v) is 13.4. The minimum absolute atomic E-state index is 0.259. The van der Waals surface area contributed by atoms with Crippen LogP contribution in [0.1, 0.15) is 17.5 Å². The van der Waals surface area contributed by atoms with E-state index in [1.165, 1.54) is 35.3 Å². The van der Waals surface area contributed by atoms with Crippen molar-refractivity contribution in [3.8, 4) is 22.8 Å². The summed E-state index contributed by atoms with van der Waals surface area (Å²) in [7, 11) is 0. The van der Waals surface area contributed by atoms with Crippen LogP contribution in [0.3, 0.4) is 0 Å². The van der Waals surface area contributed by atoms with E-state index >= 15 is 0 Å². The molecule has 8 nitrogen and oxygen atoms in total. The number of nitrogens with one attached hydrogen (secondary N) is 1. The maximum absolute atomic E-state index is 13.2. The minimum atomic E-state index is -4.75. The second kappa shape index (κ2) is 11.4. The van der Waals surface area contributed by atoms with Crippen LogP contribution in [-0.4, -0.2) is 49.5 Å². The van der Waals surface area contributed by atoms with Gasteiger partial charge in [0.1, 0.15) is 12.1 Å². The van der Waals surface area contributed by atoms with E-state index in [1.807, 2.05) is 32.0 Å². The Morgan fingerprint density at radius 3 is 2.40 bits per heavy atom. The number of aromatic nitrogens is 3. The molecule has 40 heavy (non-hydrogen) atoms. The molecule has 0 spiro atoms. The summed E-state index contributed by atoms with van der Waals surface area (Å²) in [4.78, 5) is 24.0. The van der Waals surface area contributed by atoms with Crippen LogP contribution < -0.4 is 10.1 Å². The molecule has 12 heteroatoms. The fourth-order valence-corrected chi connectivity index (χ4v) is 5.07. The van der Waals surface area contributed by atoms with Crippen LogP contribution in [0.2, 0.25) is 0 Å². The summed E-state index contributed by atoms with van der Waals surface area (Å²) < 4.78 is 42.5. The molecule has 1 fully saturated rings. The normalized spacial score (nSPS) is 14.8. The highest BCUT2D eigenvalue weighted by Gasteiger charge is 2.31. The molecule has 0 aliphatic carbocycles. The summed E-state index contributed by atoms with van der Waals surface area (Å²) in [5.41, 5.74) is 4.83. The van der Waals surface area contributed by atoms with Gasteiger partial charge in [-0.2, -0.15) is 0 Å². The number of halogens is 3. The monoisotopic (exact) mass is 566 g/mol. The molecule has 2 heterocycles. The number of anilines is 1. The first kappa shape index (κ1) is 27.3. The average molecular weight is 567 g/mol. The molecule has 0 bridgehead atoms. The Bertz CT molecular complexity index is 1510. The van der Waals surface area contributed by atoms with E-state index in [9.17, 15) is 18.0 Å². The van der Waals surface area contributed by atoms with Crippen molar-refractivity contribution in [1.29, 1.82) is 0 Å². The fourth-order valence-electron chi connectivity index (χ4n) is 4.13.